The lowest BCUT2D eigenvalue weighted by atomic mass is 9.92. The number of rotatable bonds is 6. The van der Waals surface area contributed by atoms with Gasteiger partial charge in [-0.05, 0) is 12.5 Å². The summed E-state index contributed by atoms with van der Waals surface area (Å²) in [6.45, 7) is 2.13. The summed E-state index contributed by atoms with van der Waals surface area (Å²) in [7, 11) is 1.54. The molecule has 1 aromatic carbocycles. The van der Waals surface area contributed by atoms with Gasteiger partial charge in [0, 0.05) is 18.2 Å². The summed E-state index contributed by atoms with van der Waals surface area (Å²) in [4.78, 5) is 13.4. The molecule has 20 heavy (non-hydrogen) atoms. The fourth-order valence-electron chi connectivity index (χ4n) is 2.88. The van der Waals surface area contributed by atoms with Gasteiger partial charge < -0.3 is 15.1 Å². The number of carbonyl (C=O) groups is 1. The molecule has 1 aliphatic heterocycles. The van der Waals surface area contributed by atoms with E-state index in [1.165, 1.54) is 11.9 Å². The van der Waals surface area contributed by atoms with E-state index in [9.17, 15) is 15.0 Å². The summed E-state index contributed by atoms with van der Waals surface area (Å²) >= 11 is 0. The van der Waals surface area contributed by atoms with Crippen LogP contribution in [-0.2, 0) is 5.72 Å². The van der Waals surface area contributed by atoms with Crippen molar-refractivity contribution in [2.24, 2.45) is 0 Å². The number of aliphatic hydroxyl groups is 2. The van der Waals surface area contributed by atoms with Crippen molar-refractivity contribution in [3.8, 4) is 0 Å². The molecule has 0 radical (unpaired) electrons. The third kappa shape index (κ3) is 2.34. The normalized spacial score (nSPS) is 23.0. The third-order valence-electron chi connectivity index (χ3n) is 4.17. The molecular formula is C16H23NO3. The second kappa shape index (κ2) is 5.94. The van der Waals surface area contributed by atoms with Crippen LogP contribution in [0.1, 0.15) is 54.9 Å². The highest BCUT2D eigenvalue weighted by atomic mass is 16.4. The molecule has 4 nitrogen and oxygen atoms in total. The van der Waals surface area contributed by atoms with Gasteiger partial charge >= 0.3 is 0 Å². The summed E-state index contributed by atoms with van der Waals surface area (Å²) in [6, 6.07) is 6.95. The van der Waals surface area contributed by atoms with Gasteiger partial charge in [-0.15, -0.1) is 0 Å². The molecule has 0 fully saturated rings. The van der Waals surface area contributed by atoms with Crippen molar-refractivity contribution in [2.45, 2.75) is 50.9 Å². The van der Waals surface area contributed by atoms with Crippen molar-refractivity contribution in [3.63, 3.8) is 0 Å². The summed E-state index contributed by atoms with van der Waals surface area (Å²) in [5.41, 5.74) is -0.611. The second-order valence-corrected chi connectivity index (χ2v) is 5.50. The summed E-state index contributed by atoms with van der Waals surface area (Å²) < 4.78 is 0. The number of fused-ring (bicyclic) bond motifs is 1. The van der Waals surface area contributed by atoms with E-state index in [1.54, 1.807) is 24.3 Å². The number of benzene rings is 1. The molecule has 2 N–H and O–H groups in total. The molecule has 2 unspecified atom stereocenters. The Bertz CT molecular complexity index is 488. The molecule has 0 saturated heterocycles. The van der Waals surface area contributed by atoms with E-state index in [0.717, 1.165) is 25.7 Å². The SMILES string of the molecule is CCCCCCC(O)C1(O)c2ccccc2C(=O)N1C. The Kier molecular flexibility index (Phi) is 4.45. The standard InChI is InChI=1S/C16H23NO3/c1-3-4-5-6-11-14(18)16(20)13-10-8-7-9-12(13)15(19)17(16)2/h7-10,14,18,20H,3-6,11H2,1-2H3. The third-order valence-corrected chi connectivity index (χ3v) is 4.17. The van der Waals surface area contributed by atoms with E-state index in [4.69, 9.17) is 0 Å². The van der Waals surface area contributed by atoms with Crippen LogP contribution in [0.3, 0.4) is 0 Å². The molecule has 0 aromatic heterocycles. The molecule has 2 rings (SSSR count). The number of hydrogen-bond donors (Lipinski definition) is 2. The van der Waals surface area contributed by atoms with Crippen LogP contribution in [0.25, 0.3) is 0 Å². The molecule has 4 heteroatoms. The van der Waals surface area contributed by atoms with Crippen molar-refractivity contribution >= 4 is 5.91 Å². The zero-order valence-corrected chi connectivity index (χ0v) is 12.2. The molecule has 110 valence electrons. The predicted molar refractivity (Wildman–Crippen MR) is 77.2 cm³/mol. The average Bonchev–Trinajstić information content (AvgIpc) is 2.67. The van der Waals surface area contributed by atoms with Gasteiger partial charge in [0.2, 0.25) is 0 Å². The smallest absolute Gasteiger partial charge is 0.256 e. The lowest BCUT2D eigenvalue weighted by Gasteiger charge is -2.35. The number of amides is 1. The van der Waals surface area contributed by atoms with Crippen LogP contribution in [0.15, 0.2) is 24.3 Å². The number of hydrogen-bond acceptors (Lipinski definition) is 3. The van der Waals surface area contributed by atoms with E-state index >= 15 is 0 Å². The Morgan fingerprint density at radius 2 is 1.95 bits per heavy atom. The Balaban J connectivity index is 2.18. The van der Waals surface area contributed by atoms with E-state index in [-0.39, 0.29) is 5.91 Å². The van der Waals surface area contributed by atoms with Crippen molar-refractivity contribution in [2.75, 3.05) is 7.05 Å². The predicted octanol–water partition coefficient (Wildman–Crippen LogP) is 2.25. The van der Waals surface area contributed by atoms with Gasteiger partial charge in [-0.1, -0.05) is 50.8 Å². The highest BCUT2D eigenvalue weighted by Gasteiger charge is 2.50. The maximum absolute atomic E-state index is 12.1. The van der Waals surface area contributed by atoms with Gasteiger partial charge in [0.1, 0.15) is 6.10 Å². The molecule has 1 aliphatic rings. The minimum Gasteiger partial charge on any atom is -0.388 e. The Hall–Kier alpha value is -1.39. The largest absolute Gasteiger partial charge is 0.388 e. The van der Waals surface area contributed by atoms with Gasteiger partial charge in [0.05, 0.1) is 0 Å². The van der Waals surface area contributed by atoms with Crippen LogP contribution < -0.4 is 0 Å². The quantitative estimate of drug-likeness (QED) is 0.784. The highest BCUT2D eigenvalue weighted by Crippen LogP contribution is 2.39. The summed E-state index contributed by atoms with van der Waals surface area (Å²) in [6.07, 6.45) is 3.65. The van der Waals surface area contributed by atoms with Gasteiger partial charge in [-0.2, -0.15) is 0 Å². The van der Waals surface area contributed by atoms with Crippen LogP contribution in [0.2, 0.25) is 0 Å². The van der Waals surface area contributed by atoms with Crippen molar-refractivity contribution in [1.29, 1.82) is 0 Å². The molecule has 2 atom stereocenters. The number of nitrogens with zero attached hydrogens (tertiary/aromatic N) is 1. The van der Waals surface area contributed by atoms with E-state index in [0.29, 0.717) is 17.5 Å². The summed E-state index contributed by atoms with van der Waals surface area (Å²) in [5.74, 6) is -0.240. The molecule has 0 saturated carbocycles. The number of carbonyl (C=O) groups excluding carboxylic acids is 1. The number of unbranched alkanes of at least 4 members (excludes halogenated alkanes) is 3. The van der Waals surface area contributed by atoms with Crippen molar-refractivity contribution in [1.82, 2.24) is 4.90 Å². The number of aliphatic hydroxyl groups excluding tert-OH is 1. The first-order valence-corrected chi connectivity index (χ1v) is 7.31. The highest BCUT2D eigenvalue weighted by molar-refractivity contribution is 5.99. The maximum Gasteiger partial charge on any atom is 0.256 e. The minimum absolute atomic E-state index is 0.240. The molecule has 0 bridgehead atoms. The minimum atomic E-state index is -1.60. The molecule has 1 aromatic rings. The molecule has 1 heterocycles. The van der Waals surface area contributed by atoms with Crippen LogP contribution in [0.5, 0.6) is 0 Å². The molecule has 0 aliphatic carbocycles. The zero-order chi connectivity index (χ0) is 14.8. The zero-order valence-electron chi connectivity index (χ0n) is 12.2. The van der Waals surface area contributed by atoms with Crippen LogP contribution >= 0.6 is 0 Å². The van der Waals surface area contributed by atoms with Gasteiger partial charge in [-0.25, -0.2) is 0 Å². The first-order valence-electron chi connectivity index (χ1n) is 7.31. The van der Waals surface area contributed by atoms with E-state index in [2.05, 4.69) is 6.92 Å². The topological polar surface area (TPSA) is 60.8 Å². The van der Waals surface area contributed by atoms with E-state index in [1.807, 2.05) is 0 Å². The Morgan fingerprint density at radius 1 is 1.25 bits per heavy atom. The number of likely N-dealkylation sites (N-methyl/N-ethyl adjacent to an activating group) is 1. The molecule has 1 amide bonds. The van der Waals surface area contributed by atoms with Gasteiger partial charge in [-0.3, -0.25) is 4.79 Å². The lowest BCUT2D eigenvalue weighted by molar-refractivity contribution is -0.156. The van der Waals surface area contributed by atoms with Crippen LogP contribution in [0, 0.1) is 0 Å². The lowest BCUT2D eigenvalue weighted by Crippen LogP contribution is -2.50. The Morgan fingerprint density at radius 3 is 2.65 bits per heavy atom. The molecular weight excluding hydrogens is 254 g/mol. The van der Waals surface area contributed by atoms with E-state index < -0.39 is 11.8 Å². The fourth-order valence-corrected chi connectivity index (χ4v) is 2.88. The summed E-state index contributed by atoms with van der Waals surface area (Å²) in [5, 5.41) is 21.3. The fraction of sp³-hybridized carbons (Fsp3) is 0.562. The monoisotopic (exact) mass is 277 g/mol. The van der Waals surface area contributed by atoms with Gasteiger partial charge in [0.25, 0.3) is 5.91 Å². The average molecular weight is 277 g/mol. The van der Waals surface area contributed by atoms with Crippen molar-refractivity contribution in [3.05, 3.63) is 35.4 Å². The first kappa shape index (κ1) is 15.0. The van der Waals surface area contributed by atoms with Crippen LogP contribution in [0.4, 0.5) is 0 Å². The maximum atomic E-state index is 12.1. The van der Waals surface area contributed by atoms with Gasteiger partial charge in [0.15, 0.2) is 5.72 Å². The first-order chi connectivity index (χ1) is 9.53. The molecule has 0 spiro atoms. The second-order valence-electron chi connectivity index (χ2n) is 5.50. The van der Waals surface area contributed by atoms with Crippen LogP contribution in [-0.4, -0.2) is 34.2 Å². The Labute approximate surface area is 120 Å². The van der Waals surface area contributed by atoms with Crippen molar-refractivity contribution < 1.29 is 15.0 Å².